The second kappa shape index (κ2) is 7.66. The van der Waals surface area contributed by atoms with Crippen LogP contribution in [0.15, 0.2) is 49.4 Å². The average molecular weight is 325 g/mol. The highest BCUT2D eigenvalue weighted by Crippen LogP contribution is 2.11. The van der Waals surface area contributed by atoms with Gasteiger partial charge in [-0.25, -0.2) is 18.2 Å². The van der Waals surface area contributed by atoms with Crippen molar-refractivity contribution in [3.05, 3.63) is 44.3 Å². The lowest BCUT2D eigenvalue weighted by atomic mass is 10.5. The van der Waals surface area contributed by atoms with Gasteiger partial charge in [0.2, 0.25) is 0 Å². The zero-order valence-corrected chi connectivity index (χ0v) is 13.2. The maximum absolute atomic E-state index is 12.4. The lowest BCUT2D eigenvalue weighted by Crippen LogP contribution is -2.33. The Morgan fingerprint density at radius 3 is 2.27 bits per heavy atom. The van der Waals surface area contributed by atoms with Crippen LogP contribution in [-0.2, 0) is 10.0 Å². The smallest absolute Gasteiger partial charge is 0.322 e. The molecule has 0 saturated carbocycles. The normalized spacial score (nSPS) is 11.2. The molecule has 1 rings (SSSR count). The van der Waals surface area contributed by atoms with E-state index in [0.29, 0.717) is 6.54 Å². The van der Waals surface area contributed by atoms with Crippen molar-refractivity contribution in [3.63, 3.8) is 0 Å². The maximum Gasteiger partial charge on any atom is 0.346 e. The Labute approximate surface area is 130 Å². The quantitative estimate of drug-likeness (QED) is 0.657. The fourth-order valence-electron chi connectivity index (χ4n) is 1.58. The lowest BCUT2D eigenvalue weighted by molar-refractivity contribution is 0.211. The van der Waals surface area contributed by atoms with Crippen LogP contribution in [0, 0.1) is 0 Å². The third-order valence-electron chi connectivity index (χ3n) is 2.63. The highest BCUT2D eigenvalue weighted by Gasteiger charge is 2.28. The van der Waals surface area contributed by atoms with Crippen molar-refractivity contribution < 1.29 is 13.2 Å². The molecule has 0 aromatic carbocycles. The van der Waals surface area contributed by atoms with Crippen LogP contribution >= 0.6 is 0 Å². The predicted octanol–water partition coefficient (Wildman–Crippen LogP) is 0.727. The van der Waals surface area contributed by atoms with Gasteiger partial charge in [0.1, 0.15) is 6.33 Å². The van der Waals surface area contributed by atoms with E-state index in [4.69, 9.17) is 0 Å². The molecule has 1 aromatic rings. The van der Waals surface area contributed by atoms with Gasteiger partial charge in [-0.3, -0.25) is 0 Å². The van der Waals surface area contributed by atoms with Crippen LogP contribution in [0.1, 0.15) is 0 Å². The highest BCUT2D eigenvalue weighted by molar-refractivity contribution is 7.89. The first-order valence-electron chi connectivity index (χ1n) is 6.38. The van der Waals surface area contributed by atoms with E-state index in [9.17, 15) is 13.2 Å². The molecular formula is C13H19N5O3S. The van der Waals surface area contributed by atoms with Crippen molar-refractivity contribution in [1.82, 2.24) is 24.0 Å². The number of carbonyl (C=O) groups is 1. The number of aromatic nitrogens is 3. The van der Waals surface area contributed by atoms with Gasteiger partial charge >= 0.3 is 6.03 Å². The fraction of sp³-hybridized carbons (Fsp3) is 0.308. The first kappa shape index (κ1) is 17.8. The monoisotopic (exact) mass is 325 g/mol. The van der Waals surface area contributed by atoms with Gasteiger partial charge in [0.15, 0.2) is 0 Å². The molecule has 0 fully saturated rings. The molecule has 8 nitrogen and oxygen atoms in total. The molecule has 1 heterocycles. The second-order valence-electron chi connectivity index (χ2n) is 4.32. The summed E-state index contributed by atoms with van der Waals surface area (Å²) in [5.41, 5.74) is 0. The molecule has 0 saturated heterocycles. The minimum Gasteiger partial charge on any atom is -0.322 e. The Bertz CT molecular complexity index is 655. The molecular weight excluding hydrogens is 306 g/mol. The Hall–Kier alpha value is -2.26. The molecule has 0 bridgehead atoms. The summed E-state index contributed by atoms with van der Waals surface area (Å²) in [5, 5.41) is 3.30. The summed E-state index contributed by atoms with van der Waals surface area (Å²) in [7, 11) is -2.38. The standard InChI is InChI=1S/C13H19N5O3S/c1-5-8-16(4)13(19)18-11-14-12(15-18)22(20,21)17(9-6-2)10-7-3/h5-7,11H,1-3,8-10H2,4H3. The van der Waals surface area contributed by atoms with Crippen molar-refractivity contribution in [2.24, 2.45) is 0 Å². The topological polar surface area (TPSA) is 88.4 Å². The second-order valence-corrected chi connectivity index (χ2v) is 6.15. The number of hydrogen-bond acceptors (Lipinski definition) is 5. The average Bonchev–Trinajstić information content (AvgIpc) is 2.97. The van der Waals surface area contributed by atoms with E-state index in [1.165, 1.54) is 17.1 Å². The fourth-order valence-corrected chi connectivity index (χ4v) is 2.78. The number of hydrogen-bond donors (Lipinski definition) is 0. The van der Waals surface area contributed by atoms with Crippen LogP contribution in [-0.4, -0.2) is 65.1 Å². The van der Waals surface area contributed by atoms with Crippen molar-refractivity contribution >= 4 is 16.1 Å². The van der Waals surface area contributed by atoms with E-state index in [-0.39, 0.29) is 13.1 Å². The van der Waals surface area contributed by atoms with Crippen LogP contribution in [0.25, 0.3) is 0 Å². The van der Waals surface area contributed by atoms with Crippen molar-refractivity contribution in [2.45, 2.75) is 5.16 Å². The van der Waals surface area contributed by atoms with E-state index in [0.717, 1.165) is 15.3 Å². The van der Waals surface area contributed by atoms with E-state index in [2.05, 4.69) is 29.8 Å². The molecule has 0 aliphatic carbocycles. The summed E-state index contributed by atoms with van der Waals surface area (Å²) >= 11 is 0. The maximum atomic E-state index is 12.4. The van der Waals surface area contributed by atoms with Gasteiger partial charge in [-0.2, -0.15) is 8.99 Å². The Balaban J connectivity index is 3.07. The zero-order valence-electron chi connectivity index (χ0n) is 12.4. The van der Waals surface area contributed by atoms with Crippen molar-refractivity contribution in [2.75, 3.05) is 26.7 Å². The molecule has 120 valence electrons. The van der Waals surface area contributed by atoms with Gasteiger partial charge in [-0.1, -0.05) is 18.2 Å². The Morgan fingerprint density at radius 2 is 1.77 bits per heavy atom. The molecule has 0 atom stereocenters. The third kappa shape index (κ3) is 3.89. The molecule has 0 spiro atoms. The summed E-state index contributed by atoms with van der Waals surface area (Å²) < 4.78 is 26.8. The Morgan fingerprint density at radius 1 is 1.23 bits per heavy atom. The van der Waals surface area contributed by atoms with Crippen LogP contribution in [0.4, 0.5) is 4.79 Å². The summed E-state index contributed by atoms with van der Waals surface area (Å²) in [4.78, 5) is 17.0. The van der Waals surface area contributed by atoms with E-state index in [1.54, 1.807) is 13.1 Å². The van der Waals surface area contributed by atoms with Crippen LogP contribution in [0.3, 0.4) is 0 Å². The molecule has 0 N–H and O–H groups in total. The highest BCUT2D eigenvalue weighted by atomic mass is 32.2. The van der Waals surface area contributed by atoms with Gasteiger partial charge < -0.3 is 4.90 Å². The van der Waals surface area contributed by atoms with Crippen LogP contribution < -0.4 is 0 Å². The van der Waals surface area contributed by atoms with Crippen LogP contribution in [0.5, 0.6) is 0 Å². The summed E-state index contributed by atoms with van der Waals surface area (Å²) in [6.45, 7) is 11.0. The molecule has 1 amide bonds. The summed E-state index contributed by atoms with van der Waals surface area (Å²) in [6.07, 6.45) is 5.50. The number of likely N-dealkylation sites (N-methyl/N-ethyl adjacent to an activating group) is 1. The lowest BCUT2D eigenvalue weighted by Gasteiger charge is -2.16. The van der Waals surface area contributed by atoms with Crippen LogP contribution in [0.2, 0.25) is 0 Å². The van der Waals surface area contributed by atoms with Crippen molar-refractivity contribution in [1.29, 1.82) is 0 Å². The van der Waals surface area contributed by atoms with Gasteiger partial charge in [-0.05, 0) is 0 Å². The minimum atomic E-state index is -3.92. The first-order chi connectivity index (χ1) is 10.4. The summed E-state index contributed by atoms with van der Waals surface area (Å²) in [6, 6.07) is -0.507. The Kier molecular flexibility index (Phi) is 6.20. The largest absolute Gasteiger partial charge is 0.346 e. The summed E-state index contributed by atoms with van der Waals surface area (Å²) in [5.74, 6) is 0. The molecule has 0 aliphatic rings. The van der Waals surface area contributed by atoms with Gasteiger partial charge in [0.25, 0.3) is 15.2 Å². The van der Waals surface area contributed by atoms with Crippen molar-refractivity contribution in [3.8, 4) is 0 Å². The molecule has 0 unspecified atom stereocenters. The van der Waals surface area contributed by atoms with Gasteiger partial charge in [0.05, 0.1) is 0 Å². The third-order valence-corrected chi connectivity index (χ3v) is 4.26. The predicted molar refractivity (Wildman–Crippen MR) is 82.8 cm³/mol. The number of nitrogens with zero attached hydrogens (tertiary/aromatic N) is 5. The number of carbonyl (C=O) groups excluding carboxylic acids is 1. The van der Waals surface area contributed by atoms with E-state index < -0.39 is 21.2 Å². The minimum absolute atomic E-state index is 0.0905. The molecule has 1 aromatic heterocycles. The molecule has 0 aliphatic heterocycles. The van der Waals surface area contributed by atoms with Gasteiger partial charge in [0, 0.05) is 26.7 Å². The first-order valence-corrected chi connectivity index (χ1v) is 7.82. The molecule has 9 heteroatoms. The van der Waals surface area contributed by atoms with Gasteiger partial charge in [-0.15, -0.1) is 24.8 Å². The van der Waals surface area contributed by atoms with E-state index in [1.807, 2.05) is 0 Å². The number of rotatable bonds is 8. The molecule has 22 heavy (non-hydrogen) atoms. The number of sulfonamides is 1. The molecule has 0 radical (unpaired) electrons. The number of amides is 1. The van der Waals surface area contributed by atoms with E-state index >= 15 is 0 Å². The SMILES string of the molecule is C=CCN(C)C(=O)n1cnc(S(=O)(=O)N(CC=C)CC=C)n1. The zero-order chi connectivity index (χ0) is 16.8.